The van der Waals surface area contributed by atoms with Crippen molar-refractivity contribution < 1.29 is 9.72 Å². The molecular formula is C15H11ClN4O3. The van der Waals surface area contributed by atoms with E-state index < -0.39 is 10.8 Å². The Balaban J connectivity index is 1.74. The third-order valence-corrected chi connectivity index (χ3v) is 3.55. The molecule has 2 heterocycles. The first-order valence-corrected chi connectivity index (χ1v) is 7.07. The van der Waals surface area contributed by atoms with Crippen LogP contribution in [0.5, 0.6) is 0 Å². The van der Waals surface area contributed by atoms with Gasteiger partial charge < -0.3 is 5.32 Å². The van der Waals surface area contributed by atoms with Gasteiger partial charge in [-0.25, -0.2) is 4.98 Å². The number of nitrogens with one attached hydrogen (secondary N) is 1. The molecule has 0 spiro atoms. The summed E-state index contributed by atoms with van der Waals surface area (Å²) < 4.78 is 1.70. The number of halogens is 1. The molecule has 8 heteroatoms. The van der Waals surface area contributed by atoms with Gasteiger partial charge >= 0.3 is 0 Å². The quantitative estimate of drug-likeness (QED) is 0.452. The van der Waals surface area contributed by atoms with Gasteiger partial charge in [-0.05, 0) is 18.2 Å². The minimum atomic E-state index is -0.541. The summed E-state index contributed by atoms with van der Waals surface area (Å²) in [6.07, 6.45) is 1.73. The van der Waals surface area contributed by atoms with Gasteiger partial charge in [-0.1, -0.05) is 23.7 Å². The maximum Gasteiger partial charge on any atom is 0.270 e. The second kappa shape index (κ2) is 6.05. The molecule has 0 unspecified atom stereocenters. The molecule has 0 atom stereocenters. The highest BCUT2D eigenvalue weighted by atomic mass is 35.5. The van der Waals surface area contributed by atoms with Crippen molar-refractivity contribution >= 4 is 28.8 Å². The summed E-state index contributed by atoms with van der Waals surface area (Å²) >= 11 is 6.05. The highest BCUT2D eigenvalue weighted by molar-refractivity contribution is 6.29. The fraction of sp³-hybridized carbons (Fsp3) is 0.0667. The maximum absolute atomic E-state index is 12.1. The highest BCUT2D eigenvalue weighted by Crippen LogP contribution is 2.15. The SMILES string of the molecule is O=C(NCc1cn2c(Cl)cccc2n1)c1cccc([N+](=O)[O-])c1. The second-order valence-corrected chi connectivity index (χ2v) is 5.19. The van der Waals surface area contributed by atoms with E-state index in [1.165, 1.54) is 24.3 Å². The Hall–Kier alpha value is -2.93. The Morgan fingerprint density at radius 1 is 1.30 bits per heavy atom. The fourth-order valence-electron chi connectivity index (χ4n) is 2.15. The van der Waals surface area contributed by atoms with Crippen LogP contribution in [0.4, 0.5) is 5.69 Å². The molecule has 7 nitrogen and oxygen atoms in total. The van der Waals surface area contributed by atoms with Crippen LogP contribution in [-0.2, 0) is 6.54 Å². The van der Waals surface area contributed by atoms with Gasteiger partial charge in [0.1, 0.15) is 10.8 Å². The van der Waals surface area contributed by atoms with E-state index >= 15 is 0 Å². The molecule has 1 N–H and O–H groups in total. The zero-order valence-corrected chi connectivity index (χ0v) is 12.5. The number of nitrogens with zero attached hydrogens (tertiary/aromatic N) is 3. The minimum absolute atomic E-state index is 0.128. The number of nitro groups is 1. The predicted octanol–water partition coefficient (Wildman–Crippen LogP) is 2.83. The lowest BCUT2D eigenvalue weighted by molar-refractivity contribution is -0.384. The Morgan fingerprint density at radius 2 is 2.09 bits per heavy atom. The molecule has 2 aromatic heterocycles. The predicted molar refractivity (Wildman–Crippen MR) is 84.5 cm³/mol. The topological polar surface area (TPSA) is 89.5 Å². The zero-order chi connectivity index (χ0) is 16.4. The van der Waals surface area contributed by atoms with Gasteiger partial charge in [0.25, 0.3) is 11.6 Å². The number of carbonyl (C=O) groups is 1. The zero-order valence-electron chi connectivity index (χ0n) is 11.8. The van der Waals surface area contributed by atoms with E-state index in [-0.39, 0.29) is 17.8 Å². The fourth-order valence-corrected chi connectivity index (χ4v) is 2.35. The number of non-ortho nitro benzene ring substituents is 1. The minimum Gasteiger partial charge on any atom is -0.346 e. The van der Waals surface area contributed by atoms with Crippen molar-refractivity contribution in [1.29, 1.82) is 0 Å². The normalized spacial score (nSPS) is 10.7. The van der Waals surface area contributed by atoms with E-state index in [1.54, 1.807) is 28.8 Å². The summed E-state index contributed by atoms with van der Waals surface area (Å²) in [4.78, 5) is 26.6. The molecule has 116 valence electrons. The first-order valence-electron chi connectivity index (χ1n) is 6.70. The monoisotopic (exact) mass is 330 g/mol. The van der Waals surface area contributed by atoms with Crippen molar-refractivity contribution in [3.63, 3.8) is 0 Å². The van der Waals surface area contributed by atoms with Crippen LogP contribution in [0.25, 0.3) is 5.65 Å². The van der Waals surface area contributed by atoms with Crippen molar-refractivity contribution in [2.24, 2.45) is 0 Å². The molecule has 0 aliphatic carbocycles. The second-order valence-electron chi connectivity index (χ2n) is 4.80. The van der Waals surface area contributed by atoms with E-state index in [0.29, 0.717) is 16.5 Å². The third-order valence-electron chi connectivity index (χ3n) is 3.24. The van der Waals surface area contributed by atoms with Crippen LogP contribution in [0.3, 0.4) is 0 Å². The van der Waals surface area contributed by atoms with Crippen molar-refractivity contribution in [1.82, 2.24) is 14.7 Å². The number of fused-ring (bicyclic) bond motifs is 1. The molecule has 0 fully saturated rings. The molecule has 0 bridgehead atoms. The van der Waals surface area contributed by atoms with Crippen LogP contribution >= 0.6 is 11.6 Å². The lowest BCUT2D eigenvalue weighted by Crippen LogP contribution is -2.23. The van der Waals surface area contributed by atoms with Crippen LogP contribution in [0.1, 0.15) is 16.1 Å². The molecule has 0 aliphatic heterocycles. The molecule has 0 radical (unpaired) electrons. The number of rotatable bonds is 4. The number of aromatic nitrogens is 2. The molecular weight excluding hydrogens is 320 g/mol. The Morgan fingerprint density at radius 3 is 2.83 bits per heavy atom. The van der Waals surface area contributed by atoms with Crippen LogP contribution < -0.4 is 5.32 Å². The average molecular weight is 331 g/mol. The van der Waals surface area contributed by atoms with Gasteiger partial charge in [-0.2, -0.15) is 0 Å². The molecule has 0 aliphatic rings. The molecule has 0 saturated heterocycles. The maximum atomic E-state index is 12.1. The third kappa shape index (κ3) is 3.14. The summed E-state index contributed by atoms with van der Waals surface area (Å²) in [6.45, 7) is 0.194. The number of nitro benzene ring substituents is 1. The van der Waals surface area contributed by atoms with Crippen LogP contribution in [0, 0.1) is 10.1 Å². The Bertz CT molecular complexity index is 907. The summed E-state index contributed by atoms with van der Waals surface area (Å²) in [5.41, 5.74) is 1.41. The average Bonchev–Trinajstić information content (AvgIpc) is 2.97. The molecule has 1 aromatic carbocycles. The smallest absolute Gasteiger partial charge is 0.270 e. The number of imidazole rings is 1. The van der Waals surface area contributed by atoms with Crippen LogP contribution in [0.2, 0.25) is 5.15 Å². The van der Waals surface area contributed by atoms with Crippen LogP contribution in [-0.4, -0.2) is 20.2 Å². The first-order chi connectivity index (χ1) is 11.0. The van der Waals surface area contributed by atoms with Gasteiger partial charge in [-0.3, -0.25) is 19.3 Å². The first kappa shape index (κ1) is 15.0. The van der Waals surface area contributed by atoms with Crippen molar-refractivity contribution in [3.05, 3.63) is 75.2 Å². The standard InChI is InChI=1S/C15H11ClN4O3/c16-13-5-2-6-14-18-11(9-19(13)14)8-17-15(21)10-3-1-4-12(7-10)20(22)23/h1-7,9H,8H2,(H,17,21). The van der Waals surface area contributed by atoms with E-state index in [1.807, 2.05) is 0 Å². The van der Waals surface area contributed by atoms with Crippen molar-refractivity contribution in [2.45, 2.75) is 6.54 Å². The summed E-state index contributed by atoms with van der Waals surface area (Å²) in [6, 6.07) is 10.9. The molecule has 3 aromatic rings. The number of carbonyl (C=O) groups excluding carboxylic acids is 1. The number of pyridine rings is 1. The molecule has 3 rings (SSSR count). The van der Waals surface area contributed by atoms with Gasteiger partial charge in [0.05, 0.1) is 17.2 Å². The number of benzene rings is 1. The Labute approximate surface area is 135 Å². The van der Waals surface area contributed by atoms with Crippen molar-refractivity contribution in [3.8, 4) is 0 Å². The van der Waals surface area contributed by atoms with Crippen LogP contribution in [0.15, 0.2) is 48.7 Å². The lowest BCUT2D eigenvalue weighted by Gasteiger charge is -2.03. The summed E-state index contributed by atoms with van der Waals surface area (Å²) in [5.74, 6) is -0.406. The molecule has 1 amide bonds. The van der Waals surface area contributed by atoms with Gasteiger partial charge in [-0.15, -0.1) is 0 Å². The number of hydrogen-bond donors (Lipinski definition) is 1. The summed E-state index contributed by atoms with van der Waals surface area (Å²) in [7, 11) is 0. The largest absolute Gasteiger partial charge is 0.346 e. The number of amides is 1. The van der Waals surface area contributed by atoms with E-state index in [2.05, 4.69) is 10.3 Å². The van der Waals surface area contributed by atoms with Crippen molar-refractivity contribution in [2.75, 3.05) is 0 Å². The van der Waals surface area contributed by atoms with E-state index in [4.69, 9.17) is 11.6 Å². The Kier molecular flexibility index (Phi) is 3.94. The summed E-state index contributed by atoms with van der Waals surface area (Å²) in [5, 5.41) is 13.9. The van der Waals surface area contributed by atoms with E-state index in [0.717, 1.165) is 0 Å². The lowest BCUT2D eigenvalue weighted by atomic mass is 10.2. The molecule has 0 saturated carbocycles. The highest BCUT2D eigenvalue weighted by Gasteiger charge is 2.12. The van der Waals surface area contributed by atoms with Gasteiger partial charge in [0.2, 0.25) is 0 Å². The number of hydrogen-bond acceptors (Lipinski definition) is 4. The molecule has 23 heavy (non-hydrogen) atoms. The van der Waals surface area contributed by atoms with Gasteiger partial charge in [0.15, 0.2) is 0 Å². The van der Waals surface area contributed by atoms with E-state index in [9.17, 15) is 14.9 Å². The van der Waals surface area contributed by atoms with Gasteiger partial charge in [0, 0.05) is 23.9 Å².